The number of carbonyl (C=O) groups is 2. The average molecular weight is 369 g/mol. The molecule has 0 radical (unpaired) electrons. The Morgan fingerprint density at radius 3 is 2.24 bits per heavy atom. The van der Waals surface area contributed by atoms with Crippen molar-refractivity contribution in [3.63, 3.8) is 0 Å². The molecule has 0 aliphatic carbocycles. The third kappa shape index (κ3) is 4.66. The van der Waals surface area contributed by atoms with E-state index < -0.39 is 5.97 Å². The van der Waals surface area contributed by atoms with Crippen LogP contribution in [0.25, 0.3) is 6.08 Å². The summed E-state index contributed by atoms with van der Waals surface area (Å²) in [5.41, 5.74) is 0.933. The van der Waals surface area contributed by atoms with Gasteiger partial charge in [-0.15, -0.1) is 11.3 Å². The van der Waals surface area contributed by atoms with Crippen LogP contribution in [0.1, 0.15) is 25.6 Å². The summed E-state index contributed by atoms with van der Waals surface area (Å²) in [7, 11) is 0. The minimum Gasteiger partial charge on any atom is -0.423 e. The van der Waals surface area contributed by atoms with Gasteiger partial charge in [-0.25, -0.2) is 4.79 Å². The van der Waals surface area contributed by atoms with Crippen LogP contribution in [-0.2, 0) is 0 Å². The van der Waals surface area contributed by atoms with Crippen molar-refractivity contribution in [3.8, 4) is 5.75 Å². The quantitative estimate of drug-likeness (QED) is 0.258. The molecule has 0 unspecified atom stereocenters. The zero-order chi connectivity index (χ0) is 17.6. The molecule has 1 heterocycles. The highest BCUT2D eigenvalue weighted by molar-refractivity contribution is 7.10. The number of benzene rings is 2. The van der Waals surface area contributed by atoms with Crippen LogP contribution in [0, 0.1) is 0 Å². The Kier molecular flexibility index (Phi) is 5.43. The number of halogens is 1. The van der Waals surface area contributed by atoms with Gasteiger partial charge in [-0.05, 0) is 72.1 Å². The molecule has 3 rings (SSSR count). The molecule has 0 spiro atoms. The number of carbonyl (C=O) groups excluding carboxylic acids is 2. The number of ketones is 1. The van der Waals surface area contributed by atoms with Gasteiger partial charge in [0.1, 0.15) is 5.75 Å². The number of ether oxygens (including phenoxy) is 1. The van der Waals surface area contributed by atoms with Crippen LogP contribution in [0.4, 0.5) is 0 Å². The van der Waals surface area contributed by atoms with E-state index >= 15 is 0 Å². The summed E-state index contributed by atoms with van der Waals surface area (Å²) in [6.45, 7) is 0. The molecule has 25 heavy (non-hydrogen) atoms. The van der Waals surface area contributed by atoms with E-state index in [0.29, 0.717) is 21.9 Å². The lowest BCUT2D eigenvalue weighted by Gasteiger charge is -2.05. The van der Waals surface area contributed by atoms with Crippen molar-refractivity contribution in [2.45, 2.75) is 0 Å². The molecule has 3 nitrogen and oxygen atoms in total. The van der Waals surface area contributed by atoms with Gasteiger partial charge < -0.3 is 4.74 Å². The zero-order valence-corrected chi connectivity index (χ0v) is 14.6. The maximum Gasteiger partial charge on any atom is 0.343 e. The lowest BCUT2D eigenvalue weighted by Crippen LogP contribution is -2.08. The third-order valence-corrected chi connectivity index (χ3v) is 4.46. The second kappa shape index (κ2) is 7.92. The Bertz CT molecular complexity index is 895. The van der Waals surface area contributed by atoms with Crippen molar-refractivity contribution in [2.75, 3.05) is 0 Å². The van der Waals surface area contributed by atoms with Gasteiger partial charge in [0.2, 0.25) is 0 Å². The highest BCUT2D eigenvalue weighted by Crippen LogP contribution is 2.17. The second-order valence-corrected chi connectivity index (χ2v) is 6.55. The van der Waals surface area contributed by atoms with Gasteiger partial charge in [0.05, 0.1) is 5.56 Å². The van der Waals surface area contributed by atoms with Crippen molar-refractivity contribution in [1.29, 1.82) is 0 Å². The van der Waals surface area contributed by atoms with Crippen molar-refractivity contribution < 1.29 is 14.3 Å². The molecule has 0 N–H and O–H groups in total. The molecule has 0 atom stereocenters. The van der Waals surface area contributed by atoms with Crippen molar-refractivity contribution in [3.05, 3.63) is 93.1 Å². The largest absolute Gasteiger partial charge is 0.423 e. The van der Waals surface area contributed by atoms with E-state index in [9.17, 15) is 9.59 Å². The first-order valence-electron chi connectivity index (χ1n) is 7.45. The van der Waals surface area contributed by atoms with Gasteiger partial charge in [-0.3, -0.25) is 4.79 Å². The fraction of sp³-hybridized carbons (Fsp3) is 0. The summed E-state index contributed by atoms with van der Waals surface area (Å²) in [4.78, 5) is 25.2. The van der Waals surface area contributed by atoms with E-state index in [-0.39, 0.29) is 5.78 Å². The van der Waals surface area contributed by atoms with E-state index in [0.717, 1.165) is 4.88 Å². The van der Waals surface area contributed by atoms with Crippen LogP contribution in [0.3, 0.4) is 0 Å². The normalized spacial score (nSPS) is 10.8. The summed E-state index contributed by atoms with van der Waals surface area (Å²) >= 11 is 7.36. The number of thiophene rings is 1. The molecule has 0 aliphatic heterocycles. The first kappa shape index (κ1) is 17.1. The minimum atomic E-state index is -0.478. The Labute approximate surface area is 154 Å². The Morgan fingerprint density at radius 1 is 0.920 bits per heavy atom. The first-order chi connectivity index (χ1) is 12.1. The number of rotatable bonds is 5. The van der Waals surface area contributed by atoms with Crippen molar-refractivity contribution in [2.24, 2.45) is 0 Å². The van der Waals surface area contributed by atoms with Crippen LogP contribution in [0.15, 0.2) is 72.1 Å². The topological polar surface area (TPSA) is 43.4 Å². The highest BCUT2D eigenvalue weighted by atomic mass is 35.5. The van der Waals surface area contributed by atoms with Gasteiger partial charge in [0, 0.05) is 15.5 Å². The van der Waals surface area contributed by atoms with Crippen LogP contribution >= 0.6 is 22.9 Å². The Hall–Kier alpha value is -2.69. The van der Waals surface area contributed by atoms with Crippen LogP contribution in [-0.4, -0.2) is 11.8 Å². The lowest BCUT2D eigenvalue weighted by molar-refractivity contribution is 0.0734. The number of allylic oxidation sites excluding steroid dienone is 1. The number of esters is 1. The highest BCUT2D eigenvalue weighted by Gasteiger charge is 2.09. The summed E-state index contributed by atoms with van der Waals surface area (Å²) in [6.07, 6.45) is 3.31. The van der Waals surface area contributed by atoms with E-state index in [1.165, 1.54) is 6.08 Å². The van der Waals surface area contributed by atoms with Gasteiger partial charge in [0.25, 0.3) is 0 Å². The standard InChI is InChI=1S/C20H13ClO3S/c21-16-7-3-15(4-8-16)20(23)24-17-9-5-14(6-10-17)19(22)12-11-18-2-1-13-25-18/h1-13H. The van der Waals surface area contributed by atoms with E-state index in [4.69, 9.17) is 16.3 Å². The molecule has 0 aliphatic rings. The maximum atomic E-state index is 12.1. The molecule has 0 saturated carbocycles. The molecule has 2 aromatic carbocycles. The molecular formula is C20H13ClO3S. The van der Waals surface area contributed by atoms with Crippen LogP contribution in [0.5, 0.6) is 5.75 Å². The van der Waals surface area contributed by atoms with Crippen LogP contribution < -0.4 is 4.74 Å². The number of hydrogen-bond donors (Lipinski definition) is 0. The molecule has 0 fully saturated rings. The predicted octanol–water partition coefficient (Wildman–Crippen LogP) is 5.52. The fourth-order valence-corrected chi connectivity index (χ4v) is 2.82. The maximum absolute atomic E-state index is 12.1. The molecule has 1 aromatic heterocycles. The molecule has 124 valence electrons. The molecule has 0 bridgehead atoms. The Morgan fingerprint density at radius 2 is 1.60 bits per heavy atom. The van der Waals surface area contributed by atoms with Gasteiger partial charge in [0.15, 0.2) is 5.78 Å². The summed E-state index contributed by atoms with van der Waals surface area (Å²) in [6, 6.07) is 16.8. The van der Waals surface area contributed by atoms with Crippen molar-refractivity contribution >= 4 is 40.8 Å². The van der Waals surface area contributed by atoms with E-state index in [2.05, 4.69) is 0 Å². The molecule has 0 amide bonds. The summed E-state index contributed by atoms with van der Waals surface area (Å²) in [5.74, 6) is -0.212. The predicted molar refractivity (Wildman–Crippen MR) is 101 cm³/mol. The monoisotopic (exact) mass is 368 g/mol. The number of hydrogen-bond acceptors (Lipinski definition) is 4. The Balaban J connectivity index is 1.64. The van der Waals surface area contributed by atoms with E-state index in [1.807, 2.05) is 17.5 Å². The summed E-state index contributed by atoms with van der Waals surface area (Å²) < 4.78 is 5.28. The first-order valence-corrected chi connectivity index (χ1v) is 8.71. The molecular weight excluding hydrogens is 356 g/mol. The average Bonchev–Trinajstić information content (AvgIpc) is 3.14. The molecule has 0 saturated heterocycles. The SMILES string of the molecule is O=C(C=Cc1cccs1)c1ccc(OC(=O)c2ccc(Cl)cc2)cc1. The third-order valence-electron chi connectivity index (χ3n) is 3.37. The second-order valence-electron chi connectivity index (χ2n) is 5.13. The smallest absolute Gasteiger partial charge is 0.343 e. The van der Waals surface area contributed by atoms with Crippen LogP contribution in [0.2, 0.25) is 5.02 Å². The molecule has 3 aromatic rings. The fourth-order valence-electron chi connectivity index (χ4n) is 2.08. The minimum absolute atomic E-state index is 0.107. The molecule has 5 heteroatoms. The van der Waals surface area contributed by atoms with Gasteiger partial charge in [-0.1, -0.05) is 17.7 Å². The zero-order valence-electron chi connectivity index (χ0n) is 13.0. The lowest BCUT2D eigenvalue weighted by atomic mass is 10.1. The van der Waals surface area contributed by atoms with E-state index in [1.54, 1.807) is 65.9 Å². The van der Waals surface area contributed by atoms with Crippen molar-refractivity contribution in [1.82, 2.24) is 0 Å². The summed E-state index contributed by atoms with van der Waals surface area (Å²) in [5, 5.41) is 2.50. The van der Waals surface area contributed by atoms with Gasteiger partial charge in [-0.2, -0.15) is 0 Å². The van der Waals surface area contributed by atoms with Gasteiger partial charge >= 0.3 is 5.97 Å².